The van der Waals surface area contributed by atoms with Gasteiger partial charge < -0.3 is 10.3 Å². The molecule has 6 nitrogen and oxygen atoms in total. The molecule has 1 unspecified atom stereocenters. The largest absolute Gasteiger partial charge is 0.369 e. The molecule has 0 aliphatic carbocycles. The average Bonchev–Trinajstić information content (AvgIpc) is 2.77. The fourth-order valence-corrected chi connectivity index (χ4v) is 2.80. The third kappa shape index (κ3) is 4.49. The number of nitrogens with zero attached hydrogens (tertiary/aromatic N) is 4. The number of aromatic nitrogens is 3. The number of carbonyl (C=O) groups excluding carboxylic acids is 1. The number of rotatable bonds is 9. The summed E-state index contributed by atoms with van der Waals surface area (Å²) >= 11 is 1.36. The second-order valence-electron chi connectivity index (χ2n) is 4.99. The van der Waals surface area contributed by atoms with Crippen molar-refractivity contribution >= 4 is 17.7 Å². The fourth-order valence-electron chi connectivity index (χ4n) is 2.09. The maximum absolute atomic E-state index is 10.9. The van der Waals surface area contributed by atoms with Gasteiger partial charge in [0.25, 0.3) is 0 Å². The molecular formula is C13H25N5OS. The van der Waals surface area contributed by atoms with Crippen molar-refractivity contribution in [1.29, 1.82) is 0 Å². The molecule has 0 spiro atoms. The van der Waals surface area contributed by atoms with Crippen LogP contribution >= 0.6 is 11.8 Å². The molecular weight excluding hydrogens is 274 g/mol. The Hall–Kier alpha value is -1.08. The van der Waals surface area contributed by atoms with Gasteiger partial charge in [-0.05, 0) is 26.9 Å². The van der Waals surface area contributed by atoms with Crippen LogP contribution in [0.4, 0.5) is 0 Å². The Kier molecular flexibility index (Phi) is 7.01. The summed E-state index contributed by atoms with van der Waals surface area (Å²) in [5.41, 5.74) is 5.21. The van der Waals surface area contributed by atoms with E-state index in [1.165, 1.54) is 11.8 Å². The fraction of sp³-hybridized carbons (Fsp3) is 0.769. The van der Waals surface area contributed by atoms with Crippen LogP contribution in [0.3, 0.4) is 0 Å². The molecule has 0 aromatic carbocycles. The van der Waals surface area contributed by atoms with Gasteiger partial charge in [-0.2, -0.15) is 0 Å². The van der Waals surface area contributed by atoms with Crippen LogP contribution in [0.1, 0.15) is 45.0 Å². The first kappa shape index (κ1) is 17.0. The average molecular weight is 299 g/mol. The minimum absolute atomic E-state index is 0.238. The SMILES string of the molecule is CCCCn1c(SCC(N)=O)nnc1C(CC)N(C)C. The van der Waals surface area contributed by atoms with Crippen LogP contribution in [0.15, 0.2) is 5.16 Å². The third-order valence-electron chi connectivity index (χ3n) is 3.13. The van der Waals surface area contributed by atoms with Gasteiger partial charge in [-0.1, -0.05) is 32.0 Å². The van der Waals surface area contributed by atoms with Crippen LogP contribution in [-0.2, 0) is 11.3 Å². The molecule has 0 saturated heterocycles. The summed E-state index contributed by atoms with van der Waals surface area (Å²) < 4.78 is 2.13. The number of unbranched alkanes of at least 4 members (excludes halogenated alkanes) is 1. The Morgan fingerprint density at radius 1 is 1.40 bits per heavy atom. The molecule has 0 radical (unpaired) electrons. The van der Waals surface area contributed by atoms with E-state index < -0.39 is 0 Å². The lowest BCUT2D eigenvalue weighted by molar-refractivity contribution is -0.115. The molecule has 0 saturated carbocycles. The second kappa shape index (κ2) is 8.26. The van der Waals surface area contributed by atoms with Crippen LogP contribution in [-0.4, -0.2) is 45.4 Å². The molecule has 1 aromatic rings. The van der Waals surface area contributed by atoms with E-state index in [-0.39, 0.29) is 17.7 Å². The third-order valence-corrected chi connectivity index (χ3v) is 4.12. The first-order chi connectivity index (χ1) is 9.51. The molecule has 1 heterocycles. The Bertz CT molecular complexity index is 432. The Morgan fingerprint density at radius 2 is 2.10 bits per heavy atom. The van der Waals surface area contributed by atoms with Gasteiger partial charge in [0.05, 0.1) is 11.8 Å². The normalized spacial score (nSPS) is 12.8. The lowest BCUT2D eigenvalue weighted by Gasteiger charge is -2.23. The van der Waals surface area contributed by atoms with E-state index >= 15 is 0 Å². The number of primary amides is 1. The predicted molar refractivity (Wildman–Crippen MR) is 81.6 cm³/mol. The van der Waals surface area contributed by atoms with Crippen LogP contribution in [0.25, 0.3) is 0 Å². The molecule has 0 aliphatic rings. The van der Waals surface area contributed by atoms with E-state index in [4.69, 9.17) is 5.73 Å². The lowest BCUT2D eigenvalue weighted by atomic mass is 10.2. The van der Waals surface area contributed by atoms with Gasteiger partial charge in [0.1, 0.15) is 0 Å². The van der Waals surface area contributed by atoms with Crippen molar-refractivity contribution in [3.05, 3.63) is 5.82 Å². The summed E-state index contributed by atoms with van der Waals surface area (Å²) in [5.74, 6) is 0.877. The minimum Gasteiger partial charge on any atom is -0.369 e. The lowest BCUT2D eigenvalue weighted by Crippen LogP contribution is -2.23. The maximum Gasteiger partial charge on any atom is 0.227 e. The molecule has 1 aromatic heterocycles. The van der Waals surface area contributed by atoms with E-state index in [1.54, 1.807) is 0 Å². The molecule has 7 heteroatoms. The van der Waals surface area contributed by atoms with Crippen LogP contribution < -0.4 is 5.73 Å². The van der Waals surface area contributed by atoms with Gasteiger partial charge in [-0.15, -0.1) is 10.2 Å². The van der Waals surface area contributed by atoms with Crippen LogP contribution in [0.5, 0.6) is 0 Å². The zero-order chi connectivity index (χ0) is 15.1. The molecule has 0 fully saturated rings. The summed E-state index contributed by atoms with van der Waals surface area (Å²) in [6.45, 7) is 5.17. The summed E-state index contributed by atoms with van der Waals surface area (Å²) in [4.78, 5) is 13.1. The molecule has 0 bridgehead atoms. The molecule has 114 valence electrons. The molecule has 2 N–H and O–H groups in total. The zero-order valence-electron chi connectivity index (χ0n) is 12.8. The van der Waals surface area contributed by atoms with Crippen molar-refractivity contribution in [2.45, 2.75) is 50.9 Å². The quantitative estimate of drug-likeness (QED) is 0.702. The smallest absolute Gasteiger partial charge is 0.227 e. The van der Waals surface area contributed by atoms with E-state index in [2.05, 4.69) is 33.5 Å². The predicted octanol–water partition coefficient (Wildman–Crippen LogP) is 1.67. The van der Waals surface area contributed by atoms with Crippen molar-refractivity contribution in [2.24, 2.45) is 5.73 Å². The van der Waals surface area contributed by atoms with Crippen molar-refractivity contribution in [3.8, 4) is 0 Å². The number of hydrogen-bond donors (Lipinski definition) is 1. The zero-order valence-corrected chi connectivity index (χ0v) is 13.6. The van der Waals surface area contributed by atoms with E-state index in [9.17, 15) is 4.79 Å². The standard InChI is InChI=1S/C13H25N5OS/c1-5-7-8-18-12(10(6-2)17(3)4)15-16-13(18)20-9-11(14)19/h10H,5-9H2,1-4H3,(H2,14,19). The van der Waals surface area contributed by atoms with Crippen molar-refractivity contribution in [3.63, 3.8) is 0 Å². The van der Waals surface area contributed by atoms with Crippen molar-refractivity contribution < 1.29 is 4.79 Å². The highest BCUT2D eigenvalue weighted by Crippen LogP contribution is 2.25. The van der Waals surface area contributed by atoms with Crippen molar-refractivity contribution in [2.75, 3.05) is 19.8 Å². The minimum atomic E-state index is -0.332. The Morgan fingerprint density at radius 3 is 2.60 bits per heavy atom. The topological polar surface area (TPSA) is 77.0 Å². The van der Waals surface area contributed by atoms with Crippen LogP contribution in [0.2, 0.25) is 0 Å². The molecule has 20 heavy (non-hydrogen) atoms. The summed E-state index contributed by atoms with van der Waals surface area (Å²) in [7, 11) is 4.09. The van der Waals surface area contributed by atoms with Crippen LogP contribution in [0, 0.1) is 0 Å². The Balaban J connectivity index is 3.00. The van der Waals surface area contributed by atoms with Gasteiger partial charge >= 0.3 is 0 Å². The molecule has 1 atom stereocenters. The number of hydrogen-bond acceptors (Lipinski definition) is 5. The van der Waals surface area contributed by atoms with E-state index in [0.717, 1.165) is 36.8 Å². The van der Waals surface area contributed by atoms with Gasteiger partial charge in [0, 0.05) is 6.54 Å². The van der Waals surface area contributed by atoms with Gasteiger partial charge in [0.2, 0.25) is 5.91 Å². The summed E-state index contributed by atoms with van der Waals surface area (Å²) in [6, 6.07) is 0.238. The molecule has 1 amide bonds. The summed E-state index contributed by atoms with van der Waals surface area (Å²) in [6.07, 6.45) is 3.15. The number of nitrogens with two attached hydrogens (primary N) is 1. The van der Waals surface area contributed by atoms with E-state index in [1.807, 2.05) is 14.1 Å². The monoisotopic (exact) mass is 299 g/mol. The Labute approximate surface area is 125 Å². The first-order valence-electron chi connectivity index (χ1n) is 7.01. The maximum atomic E-state index is 10.9. The highest BCUT2D eigenvalue weighted by atomic mass is 32.2. The number of thioether (sulfide) groups is 1. The van der Waals surface area contributed by atoms with Gasteiger partial charge in [0.15, 0.2) is 11.0 Å². The number of amides is 1. The highest BCUT2D eigenvalue weighted by molar-refractivity contribution is 7.99. The second-order valence-corrected chi connectivity index (χ2v) is 5.93. The highest BCUT2D eigenvalue weighted by Gasteiger charge is 2.21. The molecule has 1 rings (SSSR count). The van der Waals surface area contributed by atoms with Gasteiger partial charge in [-0.25, -0.2) is 0 Å². The molecule has 0 aliphatic heterocycles. The first-order valence-corrected chi connectivity index (χ1v) is 8.00. The summed E-state index contributed by atoms with van der Waals surface area (Å²) in [5, 5.41) is 9.36. The van der Waals surface area contributed by atoms with E-state index in [0.29, 0.717) is 0 Å². The number of carbonyl (C=O) groups is 1. The van der Waals surface area contributed by atoms with Crippen molar-refractivity contribution in [1.82, 2.24) is 19.7 Å². The van der Waals surface area contributed by atoms with Gasteiger partial charge in [-0.3, -0.25) is 9.69 Å².